The molecule has 16 N–H and O–H groups in total. The zero-order valence-electron chi connectivity index (χ0n) is 106. The molecule has 0 saturated heterocycles. The number of aliphatic hydroxyl groups excluding tert-OH is 10. The van der Waals surface area contributed by atoms with Crippen molar-refractivity contribution in [2.75, 3.05) is 96.8 Å². The standard InChI is InChI=1S/4C24H31FN6O4S/c4*1-3-8-36-24-27-22(26-16-10-14(16)13-5-4-12(2)15(25)9-13)19-23(28-24)31(30-29-19)17-11-18(35-7-6-32)21(34)20(17)33/h4*4-5,9,14,16-18,20-21,32-34H,3,6-8,10-11H2,1-2H3,(H,26,27,28)/t4*14-,16+,17+,18-,20-,21+/m0000/s1/i4D,5D,6D2,7D2,8D2,9D;4D,5D,7D2,8D2,9D;4D,5D,6D2,8D2,9D;4D,5D,8D2,9D. The Morgan fingerprint density at radius 1 is 0.340 bits per heavy atom. The van der Waals surface area contributed by atoms with E-state index < -0.39 is 249 Å². The predicted octanol–water partition coefficient (Wildman–Crippen LogP) is 8.73. The number of anilines is 4. The Morgan fingerprint density at radius 3 is 0.840 bits per heavy atom. The molecule has 0 radical (unpaired) electrons. The highest BCUT2D eigenvalue weighted by Crippen LogP contribution is 2.50. The molecule has 776 valence electrons. The van der Waals surface area contributed by atoms with E-state index in [0.29, 0.717) is 37.4 Å². The van der Waals surface area contributed by atoms with Crippen molar-refractivity contribution in [1.29, 1.82) is 0 Å². The number of aromatic nitrogens is 20. The second-order valence-electron chi connectivity index (χ2n) is 35.0. The van der Waals surface area contributed by atoms with E-state index in [0.717, 1.165) is 40.0 Å². The summed E-state index contributed by atoms with van der Waals surface area (Å²) in [5, 5.41) is 169. The fourth-order valence-corrected chi connectivity index (χ4v) is 19.4. The third kappa shape index (κ3) is 23.8. The van der Waals surface area contributed by atoms with Crippen molar-refractivity contribution in [3.63, 3.8) is 0 Å². The third-order valence-corrected chi connectivity index (χ3v) is 28.4. The van der Waals surface area contributed by atoms with Gasteiger partial charge in [0.15, 0.2) is 88.6 Å². The van der Waals surface area contributed by atoms with E-state index in [4.69, 9.17) is 62.4 Å². The van der Waals surface area contributed by atoms with Crippen molar-refractivity contribution in [2.24, 2.45) is 0 Å². The highest BCUT2D eigenvalue weighted by Gasteiger charge is 2.51. The SMILES string of the molecule is [2H]c1c([2H])c([C@@H]2C[C@H]2Nc2nc(SC([2H])([2H])CC)nc3c2nnn3[C@@H]2C[C@H](OC([2H])([2H])C([2H])([2H])O)[C@@H](O)[C@H]2O)c([2H])c(F)c1C.[2H]c1c([2H])c([C@@H]2C[C@H]2Nc2nc(SC([2H])([2H])CC)nc3c2nnn3[C@@H]2C[C@H](OC([2H])([2H])CO)[C@@H](O)[C@H]2O)c([2H])c(F)c1C.[2H]c1c([2H])c([C@@H]2C[C@H]2Nc2nc(SC([2H])([2H])CC)nc3c2nnn3[C@@H]2C[C@H](OCC([2H])([2H])O)[C@@H](O)[C@H]2O)c([2H])c(F)c1C.[2H]c1c([2H])c([C@@H]2C[C@H]2Nc2nc(SC([2H])([2H])CC)nc3c2nnn3[C@@H]2C[C@H](OCCO)[C@@H](O)[C@H]2O)c([2H])c(F)c1C. The second kappa shape index (κ2) is 47.3. The summed E-state index contributed by atoms with van der Waals surface area (Å²) in [6.07, 6.45) is -14.2. The van der Waals surface area contributed by atoms with Gasteiger partial charge in [0.2, 0.25) is 0 Å². The van der Waals surface area contributed by atoms with Crippen molar-refractivity contribution in [3.8, 4) is 0 Å². The number of hydrogen-bond acceptors (Lipinski definition) is 40. The number of aliphatic hydroxyl groups is 12. The van der Waals surface area contributed by atoms with Crippen molar-refractivity contribution < 1.29 is 136 Å². The average molecular weight is 2100 g/mol. The van der Waals surface area contributed by atoms with Gasteiger partial charge in [-0.05, 0) is 148 Å². The molecule has 40 nitrogen and oxygen atoms in total. The minimum Gasteiger partial charge on any atom is -0.394 e. The first-order valence-corrected chi connectivity index (χ1v) is 49.6. The van der Waals surface area contributed by atoms with Gasteiger partial charge in [-0.3, -0.25) is 0 Å². The smallest absolute Gasteiger partial charge is 0.191 e. The summed E-state index contributed by atoms with van der Waals surface area (Å²) in [4.78, 5) is 35.6. The lowest BCUT2D eigenvalue weighted by Crippen LogP contribution is -2.33. The van der Waals surface area contributed by atoms with Crippen LogP contribution in [0.5, 0.6) is 0 Å². The van der Waals surface area contributed by atoms with Gasteiger partial charge in [0, 0.05) is 107 Å². The number of nitrogens with zero attached hydrogens (tertiary/aromatic N) is 20. The van der Waals surface area contributed by atoms with Gasteiger partial charge in [-0.2, -0.15) is 0 Å². The minimum absolute atomic E-state index is 0.00804. The molecule has 0 bridgehead atoms. The molecule has 0 amide bonds. The first-order chi connectivity index (χ1) is 80.3. The number of hydrogen-bond donors (Lipinski definition) is 16. The lowest BCUT2D eigenvalue weighted by molar-refractivity contribution is -0.0629. The molecule has 8 fully saturated rings. The Bertz CT molecular complexity index is 7880. The molecule has 8 aliphatic rings. The first kappa shape index (κ1) is 75.2. The number of nitrogens with one attached hydrogen (secondary N) is 4. The van der Waals surface area contributed by atoms with Crippen LogP contribution in [0.4, 0.5) is 40.8 Å². The van der Waals surface area contributed by atoms with Crippen molar-refractivity contribution in [3.05, 3.63) is 140 Å². The van der Waals surface area contributed by atoms with E-state index in [2.05, 4.69) is 102 Å². The number of halogens is 4. The van der Waals surface area contributed by atoms with E-state index in [1.807, 2.05) is 0 Å². The van der Waals surface area contributed by atoms with Crippen LogP contribution in [0.2, 0.25) is 0 Å². The van der Waals surface area contributed by atoms with Crippen LogP contribution in [0.25, 0.3) is 44.7 Å². The molecular weight excluding hydrogens is 1950 g/mol. The van der Waals surface area contributed by atoms with E-state index >= 15 is 0 Å². The normalized spacial score (nSPS) is 31.2. The predicted molar refractivity (Wildman–Crippen MR) is 530 cm³/mol. The molecule has 12 aromatic rings. The van der Waals surface area contributed by atoms with E-state index in [-0.39, 0.29) is 252 Å². The third-order valence-electron chi connectivity index (χ3n) is 25.2. The average Bonchev–Trinajstić information content (AvgIpc) is 1.59. The molecule has 4 aromatic carbocycles. The summed E-state index contributed by atoms with van der Waals surface area (Å²) < 4.78 is 308. The highest BCUT2D eigenvalue weighted by atomic mass is 32.2. The molecule has 144 heavy (non-hydrogen) atoms. The molecule has 20 rings (SSSR count). The van der Waals surface area contributed by atoms with Crippen LogP contribution in [0, 0.1) is 51.0 Å². The Labute approximate surface area is 883 Å². The molecule has 8 heterocycles. The van der Waals surface area contributed by atoms with Gasteiger partial charge >= 0.3 is 0 Å². The second-order valence-corrected chi connectivity index (χ2v) is 38.5. The maximum Gasteiger partial charge on any atom is 0.191 e. The van der Waals surface area contributed by atoms with E-state index in [1.165, 1.54) is 41.7 Å². The van der Waals surface area contributed by atoms with Crippen LogP contribution in [0.15, 0.2) is 93.1 Å². The molecule has 0 aliphatic heterocycles. The number of benzene rings is 4. The number of fused-ring (bicyclic) bond motifs is 4. The Hall–Kier alpha value is -9.52. The zero-order valence-corrected chi connectivity index (χ0v) is 81.5. The quantitative estimate of drug-likeness (QED) is 0.00969. The summed E-state index contributed by atoms with van der Waals surface area (Å²) >= 11 is 3.02. The monoisotopic (exact) mass is 2100 g/mol. The maximum absolute atomic E-state index is 14.6. The summed E-state index contributed by atoms with van der Waals surface area (Å²) in [6, 6.07) is -9.20. The minimum atomic E-state index is -3.41. The van der Waals surface area contributed by atoms with Gasteiger partial charge in [-0.15, -0.1) is 20.4 Å². The fourth-order valence-electron chi connectivity index (χ4n) is 17.2. The van der Waals surface area contributed by atoms with Gasteiger partial charge in [0.05, 0.1) is 129 Å². The highest BCUT2D eigenvalue weighted by molar-refractivity contribution is 7.99. The van der Waals surface area contributed by atoms with Crippen LogP contribution in [0.1, 0.15) is 235 Å². The van der Waals surface area contributed by atoms with Crippen LogP contribution in [0.3, 0.4) is 0 Å². The first-order valence-electron chi connectivity index (χ1n) is 60.3. The molecule has 0 unspecified atom stereocenters. The van der Waals surface area contributed by atoms with Crippen molar-refractivity contribution in [2.45, 2.75) is 298 Å². The Morgan fingerprint density at radius 2 is 0.597 bits per heavy atom. The van der Waals surface area contributed by atoms with Gasteiger partial charge < -0.3 is 101 Å². The summed E-state index contributed by atoms with van der Waals surface area (Å²) in [5.41, 5.74) is -5.82. The summed E-state index contributed by atoms with van der Waals surface area (Å²) in [7, 11) is 0. The van der Waals surface area contributed by atoms with Crippen LogP contribution in [-0.4, -0.2) is 334 Å². The molecular formula is C96H124F4N24O16S4. The molecule has 48 heteroatoms. The van der Waals surface area contributed by atoms with Crippen molar-refractivity contribution in [1.82, 2.24) is 99.8 Å². The molecule has 0 spiro atoms. The lowest BCUT2D eigenvalue weighted by atomic mass is 10.1. The molecule has 8 saturated carbocycles. The van der Waals surface area contributed by atoms with Crippen molar-refractivity contribution >= 4 is 115 Å². The Kier molecular flexibility index (Phi) is 24.7. The topological polar surface area (TPSA) is 554 Å². The molecule has 24 atom stereocenters. The number of rotatable bonds is 40. The van der Waals surface area contributed by atoms with Crippen LogP contribution in [-0.2, 0) is 18.9 Å². The van der Waals surface area contributed by atoms with Crippen LogP contribution < -0.4 is 21.3 Å². The summed E-state index contributed by atoms with van der Waals surface area (Å²) in [5.74, 6) is -4.64. The zero-order chi connectivity index (χ0) is 126. The van der Waals surface area contributed by atoms with Gasteiger partial charge in [-0.25, -0.2) is 76.2 Å². The lowest BCUT2D eigenvalue weighted by Gasteiger charge is -2.17. The van der Waals surface area contributed by atoms with Gasteiger partial charge in [-0.1, -0.05) is 144 Å². The number of ether oxygens (including phenoxy) is 4. The molecule has 8 aliphatic carbocycles. The maximum atomic E-state index is 14.6. The fraction of sp³-hybridized carbons (Fsp3) is 0.583. The summed E-state index contributed by atoms with van der Waals surface area (Å²) in [6.45, 7) is -1.65. The number of thioether (sulfide) groups is 4. The van der Waals surface area contributed by atoms with E-state index in [1.54, 1.807) is 27.7 Å². The largest absolute Gasteiger partial charge is 0.394 e. The molecule has 8 aromatic heterocycles. The van der Waals surface area contributed by atoms with Crippen LogP contribution >= 0.6 is 47.0 Å². The van der Waals surface area contributed by atoms with Gasteiger partial charge in [0.1, 0.15) is 72.1 Å². The van der Waals surface area contributed by atoms with E-state index in [9.17, 15) is 73.7 Å². The Balaban J connectivity index is 0.000000152. The van der Waals surface area contributed by atoms with Gasteiger partial charge in [0.25, 0.3) is 0 Å².